The number of likely N-dealkylation sites (tertiary alicyclic amines) is 1. The molecule has 0 radical (unpaired) electrons. The Bertz CT molecular complexity index is 1140. The SMILES string of the molecule is COc1ccc(-c2cc(C)nc([C@H]3CCCN(C(=O)c4n[nH]c5c4CCCCC5)C3)c2)cc1. The molecule has 5 rings (SSSR count). The Balaban J connectivity index is 1.37. The number of aromatic nitrogens is 3. The summed E-state index contributed by atoms with van der Waals surface area (Å²) in [6, 6.07) is 12.4. The zero-order chi connectivity index (χ0) is 22.8. The molecule has 3 heterocycles. The smallest absolute Gasteiger partial charge is 0.274 e. The van der Waals surface area contributed by atoms with Crippen LogP contribution in [0.4, 0.5) is 0 Å². The Morgan fingerprint density at radius 3 is 2.70 bits per heavy atom. The molecule has 172 valence electrons. The molecule has 1 N–H and O–H groups in total. The average molecular weight is 445 g/mol. The Hall–Kier alpha value is -3.15. The van der Waals surface area contributed by atoms with Gasteiger partial charge in [0.15, 0.2) is 5.69 Å². The van der Waals surface area contributed by atoms with E-state index in [0.717, 1.165) is 78.2 Å². The van der Waals surface area contributed by atoms with E-state index in [0.29, 0.717) is 12.2 Å². The number of fused-ring (bicyclic) bond motifs is 1. The van der Waals surface area contributed by atoms with Gasteiger partial charge in [0.05, 0.1) is 7.11 Å². The van der Waals surface area contributed by atoms with Crippen LogP contribution in [0.1, 0.15) is 71.2 Å². The number of nitrogens with one attached hydrogen (secondary N) is 1. The van der Waals surface area contributed by atoms with Crippen LogP contribution in [0.25, 0.3) is 11.1 Å². The Morgan fingerprint density at radius 2 is 1.88 bits per heavy atom. The van der Waals surface area contributed by atoms with Crippen LogP contribution in [0.2, 0.25) is 0 Å². The minimum atomic E-state index is 0.0714. The number of benzene rings is 1. The van der Waals surface area contributed by atoms with Gasteiger partial charge < -0.3 is 9.64 Å². The van der Waals surface area contributed by atoms with Crippen molar-refractivity contribution < 1.29 is 9.53 Å². The van der Waals surface area contributed by atoms with Crippen molar-refractivity contribution >= 4 is 5.91 Å². The molecular formula is C27H32N4O2. The van der Waals surface area contributed by atoms with Crippen molar-refractivity contribution in [2.45, 2.75) is 57.8 Å². The number of rotatable bonds is 4. The lowest BCUT2D eigenvalue weighted by atomic mass is 9.91. The average Bonchev–Trinajstić information content (AvgIpc) is 3.11. The van der Waals surface area contributed by atoms with Gasteiger partial charge >= 0.3 is 0 Å². The first kappa shape index (κ1) is 21.7. The van der Waals surface area contributed by atoms with Gasteiger partial charge in [-0.25, -0.2) is 0 Å². The zero-order valence-corrected chi connectivity index (χ0v) is 19.6. The van der Waals surface area contributed by atoms with Crippen LogP contribution in [0.3, 0.4) is 0 Å². The first-order valence-electron chi connectivity index (χ1n) is 12.1. The highest BCUT2D eigenvalue weighted by atomic mass is 16.5. The number of aryl methyl sites for hydroxylation is 2. The van der Waals surface area contributed by atoms with Gasteiger partial charge in [-0.1, -0.05) is 18.6 Å². The van der Waals surface area contributed by atoms with E-state index in [-0.39, 0.29) is 11.8 Å². The molecule has 2 aromatic heterocycles. The van der Waals surface area contributed by atoms with E-state index in [4.69, 9.17) is 9.72 Å². The molecular weight excluding hydrogens is 412 g/mol. The van der Waals surface area contributed by atoms with Crippen LogP contribution in [0.5, 0.6) is 5.75 Å². The van der Waals surface area contributed by atoms with Crippen LogP contribution in [0, 0.1) is 6.92 Å². The fraction of sp³-hybridized carbons (Fsp3) is 0.444. The standard InChI is InChI=1S/C27H32N4O2/c1-18-15-21(19-10-12-22(33-2)13-11-19)16-25(28-18)20-7-6-14-31(17-20)27(32)26-23-8-4-3-5-9-24(23)29-30-26/h10-13,15-16,20H,3-9,14,17H2,1-2H3,(H,29,30)/t20-/m0/s1. The van der Waals surface area contributed by atoms with E-state index in [1.807, 2.05) is 24.0 Å². The number of nitrogens with zero attached hydrogens (tertiary/aromatic N) is 3. The fourth-order valence-corrected chi connectivity index (χ4v) is 5.24. The number of hydrogen-bond donors (Lipinski definition) is 1. The van der Waals surface area contributed by atoms with Crippen molar-refractivity contribution in [3.05, 3.63) is 64.7 Å². The van der Waals surface area contributed by atoms with Crippen LogP contribution >= 0.6 is 0 Å². The Morgan fingerprint density at radius 1 is 1.06 bits per heavy atom. The summed E-state index contributed by atoms with van der Waals surface area (Å²) >= 11 is 0. The summed E-state index contributed by atoms with van der Waals surface area (Å²) in [5, 5.41) is 7.60. The predicted octanol–water partition coefficient (Wildman–Crippen LogP) is 5.08. The quantitative estimate of drug-likeness (QED) is 0.570. The van der Waals surface area contributed by atoms with E-state index >= 15 is 0 Å². The summed E-state index contributed by atoms with van der Waals surface area (Å²) in [5.74, 6) is 1.15. The molecule has 1 aromatic carbocycles. The van der Waals surface area contributed by atoms with Gasteiger partial charge in [-0.3, -0.25) is 14.9 Å². The minimum Gasteiger partial charge on any atom is -0.497 e. The van der Waals surface area contributed by atoms with Gasteiger partial charge in [-0.15, -0.1) is 0 Å². The Labute approximate surface area is 195 Å². The number of piperidine rings is 1. The monoisotopic (exact) mass is 444 g/mol. The molecule has 1 amide bonds. The molecule has 0 saturated carbocycles. The van der Waals surface area contributed by atoms with E-state index in [9.17, 15) is 4.79 Å². The number of carbonyl (C=O) groups is 1. The van der Waals surface area contributed by atoms with Crippen molar-refractivity contribution in [3.63, 3.8) is 0 Å². The topological polar surface area (TPSA) is 71.1 Å². The summed E-state index contributed by atoms with van der Waals surface area (Å²) < 4.78 is 5.30. The summed E-state index contributed by atoms with van der Waals surface area (Å²) in [4.78, 5) is 20.3. The third kappa shape index (κ3) is 4.52. The lowest BCUT2D eigenvalue weighted by molar-refractivity contribution is 0.0698. The number of amides is 1. The molecule has 6 heteroatoms. The lowest BCUT2D eigenvalue weighted by Gasteiger charge is -2.32. The molecule has 1 aliphatic heterocycles. The number of H-pyrrole nitrogens is 1. The molecule has 2 aliphatic rings. The molecule has 33 heavy (non-hydrogen) atoms. The van der Waals surface area contributed by atoms with Crippen molar-refractivity contribution in [2.24, 2.45) is 0 Å². The van der Waals surface area contributed by atoms with E-state index in [1.54, 1.807) is 7.11 Å². The van der Waals surface area contributed by atoms with Crippen LogP contribution < -0.4 is 4.74 Å². The molecule has 1 saturated heterocycles. The predicted molar refractivity (Wildman–Crippen MR) is 129 cm³/mol. The first-order chi connectivity index (χ1) is 16.1. The molecule has 6 nitrogen and oxygen atoms in total. The van der Waals surface area contributed by atoms with Crippen LogP contribution in [-0.2, 0) is 12.8 Å². The molecule has 1 fully saturated rings. The van der Waals surface area contributed by atoms with Crippen LogP contribution in [-0.4, -0.2) is 46.2 Å². The highest BCUT2D eigenvalue weighted by molar-refractivity contribution is 5.94. The Kier molecular flexibility index (Phi) is 6.16. The summed E-state index contributed by atoms with van der Waals surface area (Å²) in [6.07, 6.45) is 7.50. The third-order valence-electron chi connectivity index (χ3n) is 7.03. The van der Waals surface area contributed by atoms with Crippen molar-refractivity contribution in [1.29, 1.82) is 0 Å². The van der Waals surface area contributed by atoms with Crippen molar-refractivity contribution in [1.82, 2.24) is 20.1 Å². The molecule has 0 bridgehead atoms. The highest BCUT2D eigenvalue weighted by Gasteiger charge is 2.30. The summed E-state index contributed by atoms with van der Waals surface area (Å²) in [5.41, 5.74) is 7.32. The maximum atomic E-state index is 13.4. The van der Waals surface area contributed by atoms with Gasteiger partial charge in [-0.2, -0.15) is 5.10 Å². The largest absolute Gasteiger partial charge is 0.497 e. The normalized spacial score (nSPS) is 18.5. The van der Waals surface area contributed by atoms with Crippen molar-refractivity contribution in [3.8, 4) is 16.9 Å². The number of carbonyl (C=O) groups excluding carboxylic acids is 1. The molecule has 3 aromatic rings. The fourth-order valence-electron chi connectivity index (χ4n) is 5.24. The van der Waals surface area contributed by atoms with E-state index in [1.165, 1.54) is 12.8 Å². The number of hydrogen-bond acceptors (Lipinski definition) is 4. The zero-order valence-electron chi connectivity index (χ0n) is 19.6. The molecule has 0 spiro atoms. The van der Waals surface area contributed by atoms with Gasteiger partial charge in [-0.05, 0) is 80.8 Å². The number of pyridine rings is 1. The lowest BCUT2D eigenvalue weighted by Crippen LogP contribution is -2.40. The minimum absolute atomic E-state index is 0.0714. The van der Waals surface area contributed by atoms with E-state index < -0.39 is 0 Å². The maximum absolute atomic E-state index is 13.4. The van der Waals surface area contributed by atoms with E-state index in [2.05, 4.69) is 34.5 Å². The number of aromatic amines is 1. The van der Waals surface area contributed by atoms with Gasteiger partial charge in [0.25, 0.3) is 5.91 Å². The molecule has 1 aliphatic carbocycles. The van der Waals surface area contributed by atoms with Gasteiger partial charge in [0.2, 0.25) is 0 Å². The maximum Gasteiger partial charge on any atom is 0.274 e. The number of ether oxygens (including phenoxy) is 1. The van der Waals surface area contributed by atoms with Gasteiger partial charge in [0, 0.05) is 41.7 Å². The van der Waals surface area contributed by atoms with Gasteiger partial charge in [0.1, 0.15) is 5.75 Å². The second-order valence-electron chi connectivity index (χ2n) is 9.33. The third-order valence-corrected chi connectivity index (χ3v) is 7.03. The first-order valence-corrected chi connectivity index (χ1v) is 12.1. The summed E-state index contributed by atoms with van der Waals surface area (Å²) in [7, 11) is 1.68. The second kappa shape index (κ2) is 9.38. The number of methoxy groups -OCH3 is 1. The molecule has 1 atom stereocenters. The van der Waals surface area contributed by atoms with Crippen molar-refractivity contribution in [2.75, 3.05) is 20.2 Å². The molecule has 0 unspecified atom stereocenters. The second-order valence-corrected chi connectivity index (χ2v) is 9.33. The van der Waals surface area contributed by atoms with Crippen LogP contribution in [0.15, 0.2) is 36.4 Å². The summed E-state index contributed by atoms with van der Waals surface area (Å²) in [6.45, 7) is 3.52. The highest BCUT2D eigenvalue weighted by Crippen LogP contribution is 2.31.